The molecule has 1 aliphatic heterocycles. The molecule has 0 bridgehead atoms. The molecular formula is C18H18N2O. The molecule has 0 saturated carbocycles. The zero-order chi connectivity index (χ0) is 14.6. The summed E-state index contributed by atoms with van der Waals surface area (Å²) in [7, 11) is 0. The van der Waals surface area contributed by atoms with Crippen LogP contribution in [0.4, 0.5) is 5.69 Å². The normalized spacial score (nSPS) is 23.3. The van der Waals surface area contributed by atoms with Gasteiger partial charge in [-0.2, -0.15) is 0 Å². The van der Waals surface area contributed by atoms with Crippen molar-refractivity contribution in [3.05, 3.63) is 59.4 Å². The predicted octanol–water partition coefficient (Wildman–Crippen LogP) is 3.63. The van der Waals surface area contributed by atoms with Crippen molar-refractivity contribution in [1.82, 2.24) is 4.57 Å². The van der Waals surface area contributed by atoms with Gasteiger partial charge >= 0.3 is 0 Å². The first-order valence-electron chi connectivity index (χ1n) is 7.40. The van der Waals surface area contributed by atoms with Crippen LogP contribution in [0.3, 0.4) is 0 Å². The second-order valence-electron chi connectivity index (χ2n) is 6.06. The van der Waals surface area contributed by atoms with E-state index in [9.17, 15) is 4.79 Å². The molecule has 1 aromatic heterocycles. The molecule has 0 radical (unpaired) electrons. The Morgan fingerprint density at radius 2 is 1.81 bits per heavy atom. The second kappa shape index (κ2) is 4.10. The smallest absolute Gasteiger partial charge is 0.239 e. The van der Waals surface area contributed by atoms with E-state index in [1.807, 2.05) is 18.2 Å². The fourth-order valence-electron chi connectivity index (χ4n) is 3.78. The number of hydrogen-bond donors (Lipinski definition) is 1. The first-order chi connectivity index (χ1) is 10.1. The number of aryl methyl sites for hydroxylation is 2. The number of anilines is 1. The van der Waals surface area contributed by atoms with Crippen LogP contribution < -0.4 is 5.32 Å². The molecule has 21 heavy (non-hydrogen) atoms. The minimum atomic E-state index is -0.477. The highest BCUT2D eigenvalue weighted by Gasteiger charge is 2.47. The summed E-state index contributed by atoms with van der Waals surface area (Å²) >= 11 is 0. The number of aromatic nitrogens is 1. The number of nitrogens with one attached hydrogen (secondary N) is 1. The number of para-hydroxylation sites is 1. The maximum Gasteiger partial charge on any atom is 0.239 e. The molecule has 2 aliphatic rings. The van der Waals surface area contributed by atoms with Crippen LogP contribution in [0.25, 0.3) is 5.70 Å². The van der Waals surface area contributed by atoms with Gasteiger partial charge in [0.2, 0.25) is 5.91 Å². The number of fused-ring (bicyclic) bond motifs is 2. The molecule has 1 aromatic carbocycles. The molecule has 3 nitrogen and oxygen atoms in total. The average molecular weight is 278 g/mol. The van der Waals surface area contributed by atoms with Crippen LogP contribution in [0.15, 0.2) is 42.5 Å². The Hall–Kier alpha value is -2.29. The quantitative estimate of drug-likeness (QED) is 0.849. The van der Waals surface area contributed by atoms with Crippen LogP contribution in [0, 0.1) is 13.8 Å². The second-order valence-corrected chi connectivity index (χ2v) is 6.06. The van der Waals surface area contributed by atoms with Crippen molar-refractivity contribution in [2.75, 3.05) is 5.32 Å². The number of carbonyl (C=O) groups excluding carboxylic acids is 1. The van der Waals surface area contributed by atoms with E-state index in [0.717, 1.165) is 24.1 Å². The Bertz CT molecular complexity index is 765. The summed E-state index contributed by atoms with van der Waals surface area (Å²) in [5.41, 5.74) is 5.29. The van der Waals surface area contributed by atoms with Gasteiger partial charge in [-0.15, -0.1) is 0 Å². The molecule has 1 aliphatic carbocycles. The van der Waals surface area contributed by atoms with Crippen LogP contribution in [0.2, 0.25) is 0 Å². The Kier molecular flexibility index (Phi) is 2.43. The fourth-order valence-corrected chi connectivity index (χ4v) is 3.78. The largest absolute Gasteiger partial charge is 0.325 e. The summed E-state index contributed by atoms with van der Waals surface area (Å²) in [4.78, 5) is 12.6. The SMILES string of the molecule is Cc1ccc(C)n1C1=CC2(CC1)C(=O)Nc1ccccc12. The molecule has 1 unspecified atom stereocenters. The first kappa shape index (κ1) is 12.5. The summed E-state index contributed by atoms with van der Waals surface area (Å²) in [6.45, 7) is 4.23. The third-order valence-corrected chi connectivity index (χ3v) is 4.81. The van der Waals surface area contributed by atoms with Crippen LogP contribution in [0.1, 0.15) is 29.8 Å². The molecule has 0 saturated heterocycles. The van der Waals surface area contributed by atoms with Gasteiger partial charge in [-0.05, 0) is 56.5 Å². The molecule has 1 amide bonds. The number of nitrogens with zero attached hydrogens (tertiary/aromatic N) is 1. The third-order valence-electron chi connectivity index (χ3n) is 4.81. The summed E-state index contributed by atoms with van der Waals surface area (Å²) in [6, 6.07) is 12.3. The van der Waals surface area contributed by atoms with E-state index in [1.54, 1.807) is 0 Å². The van der Waals surface area contributed by atoms with E-state index in [1.165, 1.54) is 17.1 Å². The number of rotatable bonds is 1. The zero-order valence-corrected chi connectivity index (χ0v) is 12.3. The van der Waals surface area contributed by atoms with E-state index in [-0.39, 0.29) is 5.91 Å². The Morgan fingerprint density at radius 1 is 1.10 bits per heavy atom. The highest BCUT2D eigenvalue weighted by Crippen LogP contribution is 2.48. The molecule has 4 rings (SSSR count). The minimum Gasteiger partial charge on any atom is -0.325 e. The van der Waals surface area contributed by atoms with E-state index >= 15 is 0 Å². The summed E-state index contributed by atoms with van der Waals surface area (Å²) in [6.07, 6.45) is 3.95. The maximum absolute atomic E-state index is 12.6. The van der Waals surface area contributed by atoms with Gasteiger partial charge in [0.05, 0.1) is 5.41 Å². The highest BCUT2D eigenvalue weighted by molar-refractivity contribution is 6.09. The lowest BCUT2D eigenvalue weighted by Gasteiger charge is -2.18. The lowest BCUT2D eigenvalue weighted by atomic mass is 9.81. The van der Waals surface area contributed by atoms with Crippen LogP contribution in [0.5, 0.6) is 0 Å². The summed E-state index contributed by atoms with van der Waals surface area (Å²) in [5.74, 6) is 0.112. The third kappa shape index (κ3) is 1.57. The van der Waals surface area contributed by atoms with Gasteiger partial charge in [0.1, 0.15) is 0 Å². The van der Waals surface area contributed by atoms with Crippen molar-refractivity contribution >= 4 is 17.3 Å². The van der Waals surface area contributed by atoms with Crippen molar-refractivity contribution in [3.8, 4) is 0 Å². The monoisotopic (exact) mass is 278 g/mol. The van der Waals surface area contributed by atoms with Crippen LogP contribution in [-0.4, -0.2) is 10.5 Å². The molecule has 106 valence electrons. The molecule has 2 heterocycles. The molecule has 1 spiro atoms. The van der Waals surface area contributed by atoms with E-state index in [4.69, 9.17) is 0 Å². The lowest BCUT2D eigenvalue weighted by Crippen LogP contribution is -2.30. The van der Waals surface area contributed by atoms with Crippen molar-refractivity contribution in [2.24, 2.45) is 0 Å². The van der Waals surface area contributed by atoms with Crippen molar-refractivity contribution in [2.45, 2.75) is 32.1 Å². The Labute approximate surface area is 124 Å². The molecule has 1 atom stereocenters. The first-order valence-corrected chi connectivity index (χ1v) is 7.40. The van der Waals surface area contributed by atoms with Gasteiger partial charge < -0.3 is 9.88 Å². The molecular weight excluding hydrogens is 260 g/mol. The highest BCUT2D eigenvalue weighted by atomic mass is 16.2. The van der Waals surface area contributed by atoms with E-state index < -0.39 is 5.41 Å². The average Bonchev–Trinajstić information content (AvgIpc) is 3.11. The van der Waals surface area contributed by atoms with Gasteiger partial charge in [0.25, 0.3) is 0 Å². The zero-order valence-electron chi connectivity index (χ0n) is 12.3. The molecule has 3 heteroatoms. The van der Waals surface area contributed by atoms with Crippen molar-refractivity contribution < 1.29 is 4.79 Å². The number of hydrogen-bond acceptors (Lipinski definition) is 1. The predicted molar refractivity (Wildman–Crippen MR) is 84.2 cm³/mol. The van der Waals surface area contributed by atoms with E-state index in [2.05, 4.69) is 48.0 Å². The lowest BCUT2D eigenvalue weighted by molar-refractivity contribution is -0.119. The standard InChI is InChI=1S/C18H18N2O/c1-12-7-8-13(2)20(12)14-9-10-18(11-14)15-5-3-4-6-16(15)19-17(18)21/h3-8,11H,9-10H2,1-2H3,(H,19,21). The minimum absolute atomic E-state index is 0.112. The summed E-state index contributed by atoms with van der Waals surface area (Å²) < 4.78 is 2.27. The van der Waals surface area contributed by atoms with Crippen molar-refractivity contribution in [3.63, 3.8) is 0 Å². The summed E-state index contributed by atoms with van der Waals surface area (Å²) in [5, 5.41) is 3.03. The van der Waals surface area contributed by atoms with Gasteiger partial charge in [-0.25, -0.2) is 0 Å². The van der Waals surface area contributed by atoms with Gasteiger partial charge in [0.15, 0.2) is 0 Å². The van der Waals surface area contributed by atoms with Crippen LogP contribution >= 0.6 is 0 Å². The topological polar surface area (TPSA) is 34.0 Å². The molecule has 1 N–H and O–H groups in total. The van der Waals surface area contributed by atoms with Crippen LogP contribution in [-0.2, 0) is 10.2 Å². The molecule has 0 fully saturated rings. The van der Waals surface area contributed by atoms with Gasteiger partial charge in [-0.1, -0.05) is 18.2 Å². The maximum atomic E-state index is 12.6. The number of amides is 1. The number of carbonyl (C=O) groups is 1. The Balaban J connectivity index is 1.87. The van der Waals surface area contributed by atoms with Gasteiger partial charge in [0, 0.05) is 22.8 Å². The Morgan fingerprint density at radius 3 is 2.57 bits per heavy atom. The molecule has 2 aromatic rings. The van der Waals surface area contributed by atoms with E-state index in [0.29, 0.717) is 0 Å². The van der Waals surface area contributed by atoms with Crippen molar-refractivity contribution in [1.29, 1.82) is 0 Å². The number of benzene rings is 1. The van der Waals surface area contributed by atoms with Gasteiger partial charge in [-0.3, -0.25) is 4.79 Å². The fraction of sp³-hybridized carbons (Fsp3) is 0.278. The number of allylic oxidation sites excluding steroid dienone is 1.